The van der Waals surface area contributed by atoms with Crippen LogP contribution in [0.5, 0.6) is 0 Å². The van der Waals surface area contributed by atoms with Crippen molar-refractivity contribution in [3.8, 4) is 0 Å². The smallest absolute Gasteiger partial charge is 0.304 e. The predicted molar refractivity (Wildman–Crippen MR) is 42.8 cm³/mol. The second-order valence-electron chi connectivity index (χ2n) is 3.33. The SMILES string of the molecule is O=C(O)CCN1CC[C@H](C(F)F)C1. The lowest BCUT2D eigenvalue weighted by Gasteiger charge is -2.13. The fraction of sp³-hybridized carbons (Fsp3) is 0.875. The topological polar surface area (TPSA) is 40.5 Å². The average Bonchev–Trinajstić information content (AvgIpc) is 2.48. The maximum atomic E-state index is 12.2. The van der Waals surface area contributed by atoms with Gasteiger partial charge in [0.05, 0.1) is 6.42 Å². The largest absolute Gasteiger partial charge is 0.481 e. The molecule has 1 N–H and O–H groups in total. The van der Waals surface area contributed by atoms with Gasteiger partial charge in [0.1, 0.15) is 0 Å². The zero-order valence-electron chi connectivity index (χ0n) is 7.25. The summed E-state index contributed by atoms with van der Waals surface area (Å²) in [6, 6.07) is 0. The molecule has 5 heteroatoms. The molecule has 0 spiro atoms. The van der Waals surface area contributed by atoms with Gasteiger partial charge in [0.15, 0.2) is 0 Å². The van der Waals surface area contributed by atoms with E-state index in [4.69, 9.17) is 5.11 Å². The van der Waals surface area contributed by atoms with Gasteiger partial charge in [-0.2, -0.15) is 0 Å². The molecule has 0 aromatic heterocycles. The molecule has 1 saturated heterocycles. The third-order valence-corrected chi connectivity index (χ3v) is 2.31. The Bertz CT molecular complexity index is 187. The van der Waals surface area contributed by atoms with Gasteiger partial charge in [-0.05, 0) is 13.0 Å². The van der Waals surface area contributed by atoms with Gasteiger partial charge in [-0.15, -0.1) is 0 Å². The molecule has 76 valence electrons. The summed E-state index contributed by atoms with van der Waals surface area (Å²) in [6.45, 7) is 1.33. The zero-order valence-corrected chi connectivity index (χ0v) is 7.25. The molecule has 1 heterocycles. The number of carboxylic acids is 1. The highest BCUT2D eigenvalue weighted by molar-refractivity contribution is 5.66. The van der Waals surface area contributed by atoms with Crippen LogP contribution in [0.4, 0.5) is 8.78 Å². The Morgan fingerprint density at radius 1 is 1.62 bits per heavy atom. The van der Waals surface area contributed by atoms with Crippen molar-refractivity contribution < 1.29 is 18.7 Å². The lowest BCUT2D eigenvalue weighted by atomic mass is 10.1. The van der Waals surface area contributed by atoms with Gasteiger partial charge in [0.2, 0.25) is 6.43 Å². The maximum Gasteiger partial charge on any atom is 0.304 e. The van der Waals surface area contributed by atoms with E-state index in [0.717, 1.165) is 0 Å². The Labute approximate surface area is 75.3 Å². The fourth-order valence-corrected chi connectivity index (χ4v) is 1.53. The minimum atomic E-state index is -2.27. The van der Waals surface area contributed by atoms with Gasteiger partial charge in [0.25, 0.3) is 0 Å². The van der Waals surface area contributed by atoms with Gasteiger partial charge in [-0.1, -0.05) is 0 Å². The monoisotopic (exact) mass is 193 g/mol. The van der Waals surface area contributed by atoms with Crippen LogP contribution in [0, 0.1) is 5.92 Å². The van der Waals surface area contributed by atoms with Crippen LogP contribution in [0.15, 0.2) is 0 Å². The van der Waals surface area contributed by atoms with Gasteiger partial charge < -0.3 is 10.0 Å². The van der Waals surface area contributed by atoms with Crippen molar-refractivity contribution in [3.05, 3.63) is 0 Å². The lowest BCUT2D eigenvalue weighted by Crippen LogP contribution is -2.25. The van der Waals surface area contributed by atoms with Crippen molar-refractivity contribution in [3.63, 3.8) is 0 Å². The second kappa shape index (κ2) is 4.50. The van der Waals surface area contributed by atoms with E-state index < -0.39 is 18.3 Å². The van der Waals surface area contributed by atoms with E-state index in [1.165, 1.54) is 0 Å². The molecule has 3 nitrogen and oxygen atoms in total. The van der Waals surface area contributed by atoms with Crippen molar-refractivity contribution in [1.82, 2.24) is 4.90 Å². The Kier molecular flexibility index (Phi) is 3.59. The van der Waals surface area contributed by atoms with Crippen LogP contribution >= 0.6 is 0 Å². The predicted octanol–water partition coefficient (Wildman–Crippen LogP) is 1.05. The first kappa shape index (κ1) is 10.4. The number of hydrogen-bond acceptors (Lipinski definition) is 2. The Hall–Kier alpha value is -0.710. The minimum absolute atomic E-state index is 0.0377. The van der Waals surface area contributed by atoms with Crippen molar-refractivity contribution in [2.75, 3.05) is 19.6 Å². The highest BCUT2D eigenvalue weighted by atomic mass is 19.3. The van der Waals surface area contributed by atoms with Crippen molar-refractivity contribution in [2.45, 2.75) is 19.3 Å². The highest BCUT2D eigenvalue weighted by Crippen LogP contribution is 2.22. The van der Waals surface area contributed by atoms with Crippen LogP contribution < -0.4 is 0 Å². The first-order valence-electron chi connectivity index (χ1n) is 4.32. The zero-order chi connectivity index (χ0) is 9.84. The minimum Gasteiger partial charge on any atom is -0.481 e. The summed E-state index contributed by atoms with van der Waals surface area (Å²) in [5.41, 5.74) is 0. The number of rotatable bonds is 4. The number of likely N-dealkylation sites (tertiary alicyclic amines) is 1. The van der Waals surface area contributed by atoms with Crippen molar-refractivity contribution in [2.24, 2.45) is 5.92 Å². The molecule has 0 unspecified atom stereocenters. The summed E-state index contributed by atoms with van der Waals surface area (Å²) in [4.78, 5) is 12.0. The van der Waals surface area contributed by atoms with Crippen molar-refractivity contribution in [1.29, 1.82) is 0 Å². The normalized spacial score (nSPS) is 24.1. The van der Waals surface area contributed by atoms with E-state index in [2.05, 4.69) is 0 Å². The summed E-state index contributed by atoms with van der Waals surface area (Å²) in [6.07, 6.45) is -1.75. The Morgan fingerprint density at radius 3 is 2.77 bits per heavy atom. The number of hydrogen-bond donors (Lipinski definition) is 1. The number of halogens is 2. The number of nitrogens with zero attached hydrogens (tertiary/aromatic N) is 1. The summed E-state index contributed by atoms with van der Waals surface area (Å²) < 4.78 is 24.3. The van der Waals surface area contributed by atoms with E-state index in [1.54, 1.807) is 4.90 Å². The van der Waals surface area contributed by atoms with Crippen LogP contribution in [0.25, 0.3) is 0 Å². The summed E-state index contributed by atoms with van der Waals surface area (Å²) >= 11 is 0. The average molecular weight is 193 g/mol. The van der Waals surface area contributed by atoms with E-state index in [9.17, 15) is 13.6 Å². The number of aliphatic carboxylic acids is 1. The molecule has 13 heavy (non-hydrogen) atoms. The first-order chi connectivity index (χ1) is 6.09. The van der Waals surface area contributed by atoms with Gasteiger partial charge in [0, 0.05) is 19.0 Å². The molecule has 0 aliphatic carbocycles. The first-order valence-corrected chi connectivity index (χ1v) is 4.32. The third-order valence-electron chi connectivity index (χ3n) is 2.31. The second-order valence-corrected chi connectivity index (χ2v) is 3.33. The number of carbonyl (C=O) groups is 1. The Balaban J connectivity index is 2.21. The molecule has 1 fully saturated rings. The van der Waals surface area contributed by atoms with E-state index in [0.29, 0.717) is 26.1 Å². The molecular formula is C8H13F2NO2. The summed E-state index contributed by atoms with van der Waals surface area (Å²) in [5.74, 6) is -1.44. The van der Waals surface area contributed by atoms with Gasteiger partial charge in [-0.25, -0.2) is 8.78 Å². The summed E-state index contributed by atoms with van der Waals surface area (Å²) in [7, 11) is 0. The van der Waals surface area contributed by atoms with Crippen LogP contribution in [-0.2, 0) is 4.79 Å². The highest BCUT2D eigenvalue weighted by Gasteiger charge is 2.29. The van der Waals surface area contributed by atoms with Gasteiger partial charge >= 0.3 is 5.97 Å². The van der Waals surface area contributed by atoms with Crippen LogP contribution in [0.3, 0.4) is 0 Å². The molecule has 0 aromatic carbocycles. The lowest BCUT2D eigenvalue weighted by molar-refractivity contribution is -0.137. The van der Waals surface area contributed by atoms with Gasteiger partial charge in [-0.3, -0.25) is 4.79 Å². The molecule has 0 saturated carbocycles. The van der Waals surface area contributed by atoms with E-state index >= 15 is 0 Å². The van der Waals surface area contributed by atoms with Crippen LogP contribution in [0.1, 0.15) is 12.8 Å². The van der Waals surface area contributed by atoms with Crippen LogP contribution in [0.2, 0.25) is 0 Å². The van der Waals surface area contributed by atoms with Crippen LogP contribution in [-0.4, -0.2) is 42.0 Å². The molecule has 0 radical (unpaired) electrons. The van der Waals surface area contributed by atoms with E-state index in [-0.39, 0.29) is 6.42 Å². The van der Waals surface area contributed by atoms with E-state index in [1.807, 2.05) is 0 Å². The molecule has 1 atom stereocenters. The number of alkyl halides is 2. The molecule has 0 amide bonds. The summed E-state index contributed by atoms with van der Waals surface area (Å²) in [5, 5.41) is 8.37. The Morgan fingerprint density at radius 2 is 2.31 bits per heavy atom. The molecule has 0 bridgehead atoms. The molecule has 1 rings (SSSR count). The standard InChI is InChI=1S/C8H13F2NO2/c9-8(10)6-1-3-11(5-6)4-2-7(12)13/h6,8H,1-5H2,(H,12,13)/t6-/m0/s1. The fourth-order valence-electron chi connectivity index (χ4n) is 1.53. The molecule has 0 aromatic rings. The van der Waals surface area contributed by atoms with Crippen molar-refractivity contribution >= 4 is 5.97 Å². The molecule has 1 aliphatic rings. The maximum absolute atomic E-state index is 12.2. The quantitative estimate of drug-likeness (QED) is 0.725. The molecule has 1 aliphatic heterocycles. The number of carboxylic acid groups (broad SMARTS) is 1. The molecular weight excluding hydrogens is 180 g/mol. The third kappa shape index (κ3) is 3.26.